The van der Waals surface area contributed by atoms with Crippen molar-refractivity contribution in [1.82, 2.24) is 24.5 Å². The Hall–Kier alpha value is -5.04. The van der Waals surface area contributed by atoms with Gasteiger partial charge in [-0.05, 0) is 29.3 Å². The topological polar surface area (TPSA) is 161 Å². The molecule has 12 nitrogen and oxygen atoms in total. The highest BCUT2D eigenvalue weighted by Crippen LogP contribution is 2.39. The lowest BCUT2D eigenvalue weighted by Crippen LogP contribution is -2.29. The summed E-state index contributed by atoms with van der Waals surface area (Å²) in [6.07, 6.45) is 0.175. The van der Waals surface area contributed by atoms with Gasteiger partial charge < -0.3 is 14.9 Å². The van der Waals surface area contributed by atoms with Crippen molar-refractivity contribution in [3.05, 3.63) is 87.4 Å². The summed E-state index contributed by atoms with van der Waals surface area (Å²) in [7, 11) is 1.30. The fourth-order valence-corrected chi connectivity index (χ4v) is 4.33. The van der Waals surface area contributed by atoms with Crippen molar-refractivity contribution in [3.63, 3.8) is 0 Å². The molecule has 41 heavy (non-hydrogen) atoms. The summed E-state index contributed by atoms with van der Waals surface area (Å²) in [5.41, 5.74) is -0.867. The van der Waals surface area contributed by atoms with Gasteiger partial charge in [-0.1, -0.05) is 12.1 Å². The van der Waals surface area contributed by atoms with E-state index in [1.54, 1.807) is 6.92 Å². The van der Waals surface area contributed by atoms with Crippen LogP contribution in [0.5, 0.6) is 5.75 Å². The van der Waals surface area contributed by atoms with Crippen molar-refractivity contribution in [3.8, 4) is 11.8 Å². The Morgan fingerprint density at radius 1 is 1.32 bits per heavy atom. The number of ether oxygens (including phenoxy) is 1. The van der Waals surface area contributed by atoms with Crippen molar-refractivity contribution < 1.29 is 36.7 Å². The third-order valence-electron chi connectivity index (χ3n) is 6.18. The van der Waals surface area contributed by atoms with Gasteiger partial charge in [-0.2, -0.15) is 10.4 Å². The van der Waals surface area contributed by atoms with Crippen LogP contribution >= 0.6 is 0 Å². The number of carbonyl (C=O) groups excluding carboxylic acids is 1. The first-order chi connectivity index (χ1) is 19.4. The van der Waals surface area contributed by atoms with E-state index in [2.05, 4.69) is 29.8 Å². The molecule has 16 heteroatoms. The molecule has 0 fully saturated rings. The summed E-state index contributed by atoms with van der Waals surface area (Å²) in [6, 6.07) is 5.44. The molecule has 0 radical (unpaired) electrons. The zero-order chi connectivity index (χ0) is 29.9. The summed E-state index contributed by atoms with van der Waals surface area (Å²) >= 11 is 0. The average Bonchev–Trinajstić information content (AvgIpc) is 3.59. The van der Waals surface area contributed by atoms with Crippen LogP contribution in [0.15, 0.2) is 52.4 Å². The molecule has 0 saturated heterocycles. The number of benzene rings is 1. The van der Waals surface area contributed by atoms with Gasteiger partial charge in [-0.3, -0.25) is 23.6 Å². The van der Waals surface area contributed by atoms with Crippen molar-refractivity contribution in [1.29, 1.82) is 5.26 Å². The number of carbonyl (C=O) groups is 1. The van der Waals surface area contributed by atoms with E-state index in [1.165, 1.54) is 36.4 Å². The first kappa shape index (κ1) is 29.0. The maximum Gasteiger partial charge on any atom is 0.522 e. The van der Waals surface area contributed by atoms with Gasteiger partial charge >= 0.3 is 6.36 Å². The fourth-order valence-electron chi connectivity index (χ4n) is 4.33. The molecule has 4 rings (SSSR count). The number of hydrogen-bond donors (Lipinski definition) is 2. The molecule has 1 aromatic carbocycles. The van der Waals surface area contributed by atoms with Crippen molar-refractivity contribution >= 4 is 11.6 Å². The Labute approximate surface area is 228 Å². The number of nitrogens with one attached hydrogen (secondary N) is 1. The molecule has 0 spiro atoms. The quantitative estimate of drug-likeness (QED) is 0.285. The van der Waals surface area contributed by atoms with Gasteiger partial charge in [0.15, 0.2) is 5.69 Å². The van der Waals surface area contributed by atoms with Crippen LogP contribution in [0.25, 0.3) is 0 Å². The first-order valence-corrected chi connectivity index (χ1v) is 11.8. The molecular weight excluding hydrogens is 554 g/mol. The number of halogens is 4. The molecular formula is C25H21F4N7O5. The van der Waals surface area contributed by atoms with E-state index in [0.29, 0.717) is 5.56 Å². The number of hydrogen-bond acceptors (Lipinski definition) is 9. The summed E-state index contributed by atoms with van der Waals surface area (Å²) < 4.78 is 62.3. The van der Waals surface area contributed by atoms with Gasteiger partial charge in [0.25, 0.3) is 11.5 Å². The molecule has 3 aromatic heterocycles. The second kappa shape index (κ2) is 11.6. The van der Waals surface area contributed by atoms with Crippen LogP contribution in [0.2, 0.25) is 0 Å². The Morgan fingerprint density at radius 2 is 2.07 bits per heavy atom. The second-order valence-electron chi connectivity index (χ2n) is 8.84. The van der Waals surface area contributed by atoms with E-state index < -0.39 is 53.5 Å². The summed E-state index contributed by atoms with van der Waals surface area (Å²) in [5.74, 6) is -4.41. The highest BCUT2D eigenvalue weighted by atomic mass is 19.4. The van der Waals surface area contributed by atoms with Gasteiger partial charge in [-0.15, -0.1) is 13.2 Å². The maximum atomic E-state index is 14.4. The molecule has 0 aliphatic heterocycles. The van der Waals surface area contributed by atoms with Crippen LogP contribution < -0.4 is 10.9 Å². The minimum atomic E-state index is -4.83. The van der Waals surface area contributed by atoms with Crippen LogP contribution in [-0.4, -0.2) is 48.5 Å². The molecule has 214 valence electrons. The third-order valence-corrected chi connectivity index (χ3v) is 6.18. The monoisotopic (exact) mass is 575 g/mol. The largest absolute Gasteiger partial charge is 0.522 e. The lowest BCUT2D eigenvalue weighted by Gasteiger charge is -2.26. The van der Waals surface area contributed by atoms with Crippen LogP contribution in [0.4, 0.5) is 23.2 Å². The van der Waals surface area contributed by atoms with E-state index in [4.69, 9.17) is 0 Å². The van der Waals surface area contributed by atoms with Gasteiger partial charge in [0.05, 0.1) is 37.2 Å². The van der Waals surface area contributed by atoms with Crippen LogP contribution in [-0.2, 0) is 18.3 Å². The number of rotatable bonds is 9. The van der Waals surface area contributed by atoms with E-state index in [1.807, 2.05) is 6.07 Å². The predicted molar refractivity (Wildman–Crippen MR) is 131 cm³/mol. The molecule has 2 atom stereocenters. The smallest absolute Gasteiger partial charge is 0.501 e. The average molecular weight is 575 g/mol. The number of aromatic nitrogens is 5. The molecule has 0 saturated carbocycles. The zero-order valence-corrected chi connectivity index (χ0v) is 21.4. The summed E-state index contributed by atoms with van der Waals surface area (Å²) in [4.78, 5) is 30.0. The SMILES string of the molecule is C[C@@H](c1nc(C(=O)Nc2cnoc2)c(O)c(=O)n1C)[C@@H](c1cnn(CCOC(F)(F)F)c1)c1cc(F)ccc1C#N. The second-order valence-corrected chi connectivity index (χ2v) is 8.84. The Bertz CT molecular complexity index is 1660. The van der Waals surface area contributed by atoms with E-state index >= 15 is 0 Å². The molecule has 0 unspecified atom stereocenters. The minimum absolute atomic E-state index is 0.0328. The third kappa shape index (κ3) is 6.41. The number of nitriles is 1. The molecule has 0 aliphatic carbocycles. The lowest BCUT2D eigenvalue weighted by atomic mass is 9.80. The van der Waals surface area contributed by atoms with Crippen molar-refractivity contribution in [2.75, 3.05) is 11.9 Å². The highest BCUT2D eigenvalue weighted by Gasteiger charge is 2.32. The highest BCUT2D eigenvalue weighted by molar-refractivity contribution is 6.04. The lowest BCUT2D eigenvalue weighted by molar-refractivity contribution is -0.325. The standard InChI is InChI=1S/C25H21F4N7O5/c1-13(22-34-20(21(37)24(39)35(22)2)23(38)33-17-10-32-41-12-17)19(18-7-16(26)4-3-14(18)8-30)15-9-31-36(11-15)5-6-40-25(27,28)29/h3-4,7,9-13,19,37H,5-6H2,1-2H3,(H,33,38)/t13-,19+/m1/s1. The van der Waals surface area contributed by atoms with Gasteiger partial charge in [0.2, 0.25) is 5.75 Å². The number of nitrogens with zero attached hydrogens (tertiary/aromatic N) is 6. The molecule has 4 aromatic rings. The Balaban J connectivity index is 1.80. The number of amides is 1. The Kier molecular flexibility index (Phi) is 8.19. The van der Waals surface area contributed by atoms with Crippen LogP contribution in [0.1, 0.15) is 51.8 Å². The van der Waals surface area contributed by atoms with E-state index in [-0.39, 0.29) is 29.2 Å². The number of aromatic hydroxyl groups is 1. The van der Waals surface area contributed by atoms with Crippen molar-refractivity contribution in [2.45, 2.75) is 31.7 Å². The number of alkyl halides is 3. The van der Waals surface area contributed by atoms with E-state index in [9.17, 15) is 37.5 Å². The molecule has 3 heterocycles. The van der Waals surface area contributed by atoms with Crippen molar-refractivity contribution in [2.24, 2.45) is 7.05 Å². The molecule has 1 amide bonds. The maximum absolute atomic E-state index is 14.4. The zero-order valence-electron chi connectivity index (χ0n) is 21.4. The first-order valence-electron chi connectivity index (χ1n) is 11.8. The van der Waals surface area contributed by atoms with E-state index in [0.717, 1.165) is 23.0 Å². The normalized spacial score (nSPS) is 13.0. The van der Waals surface area contributed by atoms with Gasteiger partial charge in [0.1, 0.15) is 23.6 Å². The predicted octanol–water partition coefficient (Wildman–Crippen LogP) is 3.41. The fraction of sp³-hybridized carbons (Fsp3) is 0.280. The summed E-state index contributed by atoms with van der Waals surface area (Å²) in [5, 5.41) is 30.1. The minimum Gasteiger partial charge on any atom is -0.501 e. The van der Waals surface area contributed by atoms with Crippen LogP contribution in [0.3, 0.4) is 0 Å². The molecule has 0 aliphatic rings. The van der Waals surface area contributed by atoms with Gasteiger partial charge in [-0.25, -0.2) is 9.37 Å². The number of anilines is 1. The molecule has 0 bridgehead atoms. The Morgan fingerprint density at radius 3 is 2.73 bits per heavy atom. The van der Waals surface area contributed by atoms with Gasteiger partial charge in [0, 0.05) is 25.1 Å². The molecule has 2 N–H and O–H groups in total. The van der Waals surface area contributed by atoms with Crippen LogP contribution in [0, 0.1) is 17.1 Å². The summed E-state index contributed by atoms with van der Waals surface area (Å²) in [6.45, 7) is 0.576.